The number of amides is 1. The monoisotopic (exact) mass is 524 g/mol. The summed E-state index contributed by atoms with van der Waals surface area (Å²) in [6, 6.07) is 7.34. The van der Waals surface area contributed by atoms with Gasteiger partial charge in [-0.1, -0.05) is 46.4 Å². The maximum atomic E-state index is 13.0. The van der Waals surface area contributed by atoms with Gasteiger partial charge in [-0.2, -0.15) is 4.31 Å². The van der Waals surface area contributed by atoms with Crippen molar-refractivity contribution in [2.24, 2.45) is 5.92 Å². The van der Waals surface area contributed by atoms with E-state index in [1.807, 2.05) is 6.92 Å². The van der Waals surface area contributed by atoms with Gasteiger partial charge in [0.1, 0.15) is 5.75 Å². The van der Waals surface area contributed by atoms with Crippen molar-refractivity contribution in [3.05, 3.63) is 50.4 Å². The number of nitrogens with zero attached hydrogens (tertiary/aromatic N) is 1. The van der Waals surface area contributed by atoms with Crippen molar-refractivity contribution in [2.45, 2.75) is 24.7 Å². The third kappa shape index (κ3) is 5.59. The fourth-order valence-electron chi connectivity index (χ4n) is 3.28. The molecule has 1 saturated heterocycles. The number of rotatable bonds is 6. The molecule has 1 amide bonds. The Morgan fingerprint density at radius 2 is 1.68 bits per heavy atom. The van der Waals surface area contributed by atoms with Crippen molar-refractivity contribution in [1.29, 1.82) is 0 Å². The molecule has 11 heteroatoms. The summed E-state index contributed by atoms with van der Waals surface area (Å²) in [5.74, 6) is -0.179. The topological polar surface area (TPSA) is 75.7 Å². The molecule has 0 unspecified atom stereocenters. The molecule has 0 aromatic heterocycles. The maximum absolute atomic E-state index is 13.0. The molecule has 1 aliphatic rings. The normalized spacial score (nSPS) is 15.6. The molecule has 1 aliphatic heterocycles. The Labute approximate surface area is 201 Å². The van der Waals surface area contributed by atoms with E-state index in [-0.39, 0.29) is 49.9 Å². The number of ether oxygens (including phenoxy) is 1. The van der Waals surface area contributed by atoms with Gasteiger partial charge in [0, 0.05) is 19.0 Å². The summed E-state index contributed by atoms with van der Waals surface area (Å²) in [6.45, 7) is 2.66. The fraction of sp³-hybridized carbons (Fsp3) is 0.350. The standard InChI is InChI=1S/C20H20Cl4N2O4S/c1-2-30-19-4-3-13(9-17(19)24)31(28,29)26-7-5-12(6-8-26)20(27)25-18-11-15(22)14(21)10-16(18)23/h3-4,9-12H,2,5-8H2,1H3,(H,25,27). The molecule has 0 atom stereocenters. The SMILES string of the molecule is CCOc1ccc(S(=O)(=O)N2CCC(C(=O)Nc3cc(Cl)c(Cl)cc3Cl)CC2)cc1Cl. The molecule has 2 aromatic rings. The lowest BCUT2D eigenvalue weighted by Gasteiger charge is -2.30. The molecule has 2 aromatic carbocycles. The van der Waals surface area contributed by atoms with Gasteiger partial charge in [0.25, 0.3) is 0 Å². The summed E-state index contributed by atoms with van der Waals surface area (Å²) in [5, 5.41) is 3.81. The van der Waals surface area contributed by atoms with Gasteiger partial charge < -0.3 is 10.1 Å². The van der Waals surface area contributed by atoms with Crippen molar-refractivity contribution < 1.29 is 17.9 Å². The van der Waals surface area contributed by atoms with Crippen LogP contribution in [0.1, 0.15) is 19.8 Å². The number of benzene rings is 2. The number of carbonyl (C=O) groups excluding carboxylic acids is 1. The van der Waals surface area contributed by atoms with E-state index in [1.54, 1.807) is 6.07 Å². The van der Waals surface area contributed by atoms with E-state index < -0.39 is 10.0 Å². The number of hydrogen-bond donors (Lipinski definition) is 1. The summed E-state index contributed by atoms with van der Waals surface area (Å²) < 4.78 is 32.7. The lowest BCUT2D eigenvalue weighted by molar-refractivity contribution is -0.120. The minimum absolute atomic E-state index is 0.0893. The molecule has 0 spiro atoms. The van der Waals surface area contributed by atoms with Crippen LogP contribution in [0.5, 0.6) is 5.75 Å². The van der Waals surface area contributed by atoms with Crippen LogP contribution in [0.2, 0.25) is 20.1 Å². The van der Waals surface area contributed by atoms with Crippen LogP contribution in [0.3, 0.4) is 0 Å². The van der Waals surface area contributed by atoms with Gasteiger partial charge in [-0.05, 0) is 50.1 Å². The number of hydrogen-bond acceptors (Lipinski definition) is 4. The second kappa shape index (κ2) is 10.1. The Balaban J connectivity index is 1.65. The maximum Gasteiger partial charge on any atom is 0.243 e. The van der Waals surface area contributed by atoms with Gasteiger partial charge in [-0.3, -0.25) is 4.79 Å². The van der Waals surface area contributed by atoms with Crippen molar-refractivity contribution in [1.82, 2.24) is 4.31 Å². The van der Waals surface area contributed by atoms with E-state index in [1.165, 1.54) is 28.6 Å². The molecular weight excluding hydrogens is 506 g/mol. The minimum atomic E-state index is -3.73. The van der Waals surface area contributed by atoms with Gasteiger partial charge in [0.2, 0.25) is 15.9 Å². The zero-order valence-electron chi connectivity index (χ0n) is 16.5. The number of anilines is 1. The summed E-state index contributed by atoms with van der Waals surface area (Å²) >= 11 is 24.1. The Kier molecular flexibility index (Phi) is 8.00. The average Bonchev–Trinajstić information content (AvgIpc) is 2.73. The summed E-state index contributed by atoms with van der Waals surface area (Å²) in [4.78, 5) is 12.7. The number of halogens is 4. The minimum Gasteiger partial charge on any atom is -0.492 e. The van der Waals surface area contributed by atoms with E-state index in [4.69, 9.17) is 51.1 Å². The van der Waals surface area contributed by atoms with E-state index in [9.17, 15) is 13.2 Å². The van der Waals surface area contributed by atoms with Crippen LogP contribution in [0.25, 0.3) is 0 Å². The Morgan fingerprint density at radius 3 is 2.29 bits per heavy atom. The van der Waals surface area contributed by atoms with Crippen molar-refractivity contribution in [2.75, 3.05) is 25.0 Å². The predicted molar refractivity (Wildman–Crippen MR) is 124 cm³/mol. The van der Waals surface area contributed by atoms with Crippen molar-refractivity contribution in [3.63, 3.8) is 0 Å². The Hall–Kier alpha value is -1.22. The van der Waals surface area contributed by atoms with Gasteiger partial charge in [-0.15, -0.1) is 0 Å². The number of piperidine rings is 1. The van der Waals surface area contributed by atoms with Crippen molar-refractivity contribution in [3.8, 4) is 5.75 Å². The van der Waals surface area contributed by atoms with E-state index in [2.05, 4.69) is 5.32 Å². The second-order valence-corrected chi connectivity index (χ2v) is 10.5. The van der Waals surface area contributed by atoms with Gasteiger partial charge in [0.15, 0.2) is 0 Å². The number of sulfonamides is 1. The average molecular weight is 526 g/mol. The van der Waals surface area contributed by atoms with Crippen LogP contribution in [0, 0.1) is 5.92 Å². The van der Waals surface area contributed by atoms with Crippen LogP contribution < -0.4 is 10.1 Å². The first-order valence-corrected chi connectivity index (χ1v) is 12.5. The highest BCUT2D eigenvalue weighted by molar-refractivity contribution is 7.89. The van der Waals surface area contributed by atoms with Crippen LogP contribution >= 0.6 is 46.4 Å². The summed E-state index contributed by atoms with van der Waals surface area (Å²) in [6.07, 6.45) is 0.740. The predicted octanol–water partition coefficient (Wildman–Crippen LogP) is 5.74. The largest absolute Gasteiger partial charge is 0.492 e. The molecule has 6 nitrogen and oxygen atoms in total. The third-order valence-corrected chi connectivity index (χ3v) is 8.16. The van der Waals surface area contributed by atoms with Crippen LogP contribution in [-0.2, 0) is 14.8 Å². The first-order chi connectivity index (χ1) is 14.6. The molecule has 168 valence electrons. The molecule has 1 fully saturated rings. The highest BCUT2D eigenvalue weighted by Gasteiger charge is 2.32. The first kappa shape index (κ1) is 24.4. The molecule has 0 bridgehead atoms. The zero-order chi connectivity index (χ0) is 22.8. The molecule has 1 N–H and O–H groups in total. The lowest BCUT2D eigenvalue weighted by Crippen LogP contribution is -2.41. The molecule has 31 heavy (non-hydrogen) atoms. The fourth-order valence-corrected chi connectivity index (χ4v) is 5.67. The Morgan fingerprint density at radius 1 is 1.03 bits per heavy atom. The van der Waals surface area contributed by atoms with Crippen LogP contribution in [0.15, 0.2) is 35.2 Å². The summed E-state index contributed by atoms with van der Waals surface area (Å²) in [5.41, 5.74) is 0.361. The van der Waals surface area contributed by atoms with Gasteiger partial charge in [0.05, 0.1) is 37.3 Å². The summed E-state index contributed by atoms with van der Waals surface area (Å²) in [7, 11) is -3.73. The first-order valence-electron chi connectivity index (χ1n) is 9.51. The van der Waals surface area contributed by atoms with Gasteiger partial charge >= 0.3 is 0 Å². The lowest BCUT2D eigenvalue weighted by atomic mass is 9.97. The van der Waals surface area contributed by atoms with Crippen LogP contribution in [0.4, 0.5) is 5.69 Å². The number of nitrogens with one attached hydrogen (secondary N) is 1. The van der Waals surface area contributed by atoms with E-state index in [0.717, 1.165) is 0 Å². The van der Waals surface area contributed by atoms with E-state index in [0.29, 0.717) is 30.9 Å². The Bertz CT molecular complexity index is 1090. The molecule has 0 saturated carbocycles. The van der Waals surface area contributed by atoms with Crippen LogP contribution in [-0.4, -0.2) is 38.3 Å². The molecule has 0 radical (unpaired) electrons. The molecular formula is C20H20Cl4N2O4S. The van der Waals surface area contributed by atoms with Gasteiger partial charge in [-0.25, -0.2) is 8.42 Å². The molecule has 3 rings (SSSR count). The smallest absolute Gasteiger partial charge is 0.243 e. The van der Waals surface area contributed by atoms with E-state index >= 15 is 0 Å². The highest BCUT2D eigenvalue weighted by Crippen LogP contribution is 2.34. The second-order valence-electron chi connectivity index (χ2n) is 6.94. The third-order valence-electron chi connectivity index (χ3n) is 4.93. The zero-order valence-corrected chi connectivity index (χ0v) is 20.3. The molecule has 1 heterocycles. The van der Waals surface area contributed by atoms with Crippen molar-refractivity contribution >= 4 is 68.0 Å². The molecule has 0 aliphatic carbocycles. The number of carbonyl (C=O) groups is 1. The quantitative estimate of drug-likeness (QED) is 0.488. The highest BCUT2D eigenvalue weighted by atomic mass is 35.5.